The number of carbonyl (C=O) groups excluding carboxylic acids is 1. The number of rotatable bonds is 3. The van der Waals surface area contributed by atoms with Gasteiger partial charge in [0.25, 0.3) is 0 Å². The minimum atomic E-state index is 0.0586. The number of hydrogen-bond acceptors (Lipinski definition) is 5. The van der Waals surface area contributed by atoms with Gasteiger partial charge in [-0.05, 0) is 31.0 Å². The second-order valence-corrected chi connectivity index (χ2v) is 6.27. The molecule has 0 saturated carbocycles. The van der Waals surface area contributed by atoms with Crippen LogP contribution in [-0.2, 0) is 17.8 Å². The quantitative estimate of drug-likeness (QED) is 0.855. The van der Waals surface area contributed by atoms with Gasteiger partial charge < -0.3 is 16.0 Å². The molecule has 0 spiro atoms. The number of anilines is 3. The van der Waals surface area contributed by atoms with Gasteiger partial charge in [-0.1, -0.05) is 0 Å². The lowest BCUT2D eigenvalue weighted by atomic mass is 10.0. The van der Waals surface area contributed by atoms with E-state index in [1.807, 2.05) is 25.5 Å². The summed E-state index contributed by atoms with van der Waals surface area (Å²) < 4.78 is 0. The van der Waals surface area contributed by atoms with Gasteiger partial charge in [-0.3, -0.25) is 4.79 Å². The Hall–Kier alpha value is -2.08. The van der Waals surface area contributed by atoms with Gasteiger partial charge in [0.2, 0.25) is 5.91 Å². The van der Waals surface area contributed by atoms with Crippen molar-refractivity contribution in [2.24, 2.45) is 0 Å². The fourth-order valence-electron chi connectivity index (χ4n) is 2.54. The maximum Gasteiger partial charge on any atom is 0.224 e. The van der Waals surface area contributed by atoms with Crippen molar-refractivity contribution >= 4 is 34.3 Å². The Morgan fingerprint density at radius 2 is 2.24 bits per heavy atom. The van der Waals surface area contributed by atoms with Crippen LogP contribution < -0.4 is 16.0 Å². The summed E-state index contributed by atoms with van der Waals surface area (Å²) >= 11 is 1.66. The van der Waals surface area contributed by atoms with Crippen LogP contribution in [0.15, 0.2) is 17.6 Å². The van der Waals surface area contributed by atoms with E-state index in [-0.39, 0.29) is 5.91 Å². The highest BCUT2D eigenvalue weighted by molar-refractivity contribution is 7.09. The van der Waals surface area contributed by atoms with Crippen molar-refractivity contribution in [1.29, 1.82) is 0 Å². The van der Waals surface area contributed by atoms with Crippen molar-refractivity contribution in [1.82, 2.24) is 4.98 Å². The molecule has 1 amide bonds. The Balaban J connectivity index is 1.88. The number of aromatic nitrogens is 1. The van der Waals surface area contributed by atoms with E-state index in [0.29, 0.717) is 12.1 Å². The molecule has 0 fully saturated rings. The van der Waals surface area contributed by atoms with E-state index in [9.17, 15) is 4.79 Å². The summed E-state index contributed by atoms with van der Waals surface area (Å²) in [5, 5.41) is 2.88. The van der Waals surface area contributed by atoms with Crippen molar-refractivity contribution in [2.75, 3.05) is 23.0 Å². The van der Waals surface area contributed by atoms with Crippen molar-refractivity contribution in [2.45, 2.75) is 26.3 Å². The largest absolute Gasteiger partial charge is 0.397 e. The van der Waals surface area contributed by atoms with Crippen LogP contribution in [0.2, 0.25) is 0 Å². The first-order valence-electron chi connectivity index (χ1n) is 6.87. The zero-order valence-corrected chi connectivity index (χ0v) is 13.0. The number of nitrogen functional groups attached to an aromatic ring is 1. The fourth-order valence-corrected chi connectivity index (χ4v) is 3.37. The fraction of sp³-hybridized carbons (Fsp3) is 0.333. The number of nitrogens with two attached hydrogens (primary N) is 1. The first-order valence-corrected chi connectivity index (χ1v) is 7.75. The van der Waals surface area contributed by atoms with Gasteiger partial charge in [0.05, 0.1) is 29.1 Å². The van der Waals surface area contributed by atoms with E-state index in [2.05, 4.69) is 21.3 Å². The summed E-state index contributed by atoms with van der Waals surface area (Å²) in [7, 11) is 2.03. The Morgan fingerprint density at radius 3 is 2.95 bits per heavy atom. The number of carbonyl (C=O) groups is 1. The molecule has 1 aliphatic heterocycles. The molecule has 1 aromatic carbocycles. The number of benzene rings is 1. The molecule has 0 bridgehead atoms. The number of nitrogens with zero attached hydrogens (tertiary/aromatic N) is 2. The molecule has 2 heterocycles. The van der Waals surface area contributed by atoms with E-state index in [1.54, 1.807) is 11.3 Å². The highest BCUT2D eigenvalue weighted by Gasteiger charge is 2.18. The molecule has 21 heavy (non-hydrogen) atoms. The Kier molecular flexibility index (Phi) is 3.55. The summed E-state index contributed by atoms with van der Waals surface area (Å²) in [5.74, 6) is 0.0586. The average molecular weight is 302 g/mol. The normalized spacial score (nSPS) is 13.7. The van der Waals surface area contributed by atoms with Crippen molar-refractivity contribution in [3.8, 4) is 0 Å². The third-order valence-corrected chi connectivity index (χ3v) is 4.70. The van der Waals surface area contributed by atoms with Gasteiger partial charge in [-0.2, -0.15) is 0 Å². The van der Waals surface area contributed by atoms with Crippen LogP contribution in [0.5, 0.6) is 0 Å². The van der Waals surface area contributed by atoms with Crippen LogP contribution in [0.4, 0.5) is 17.1 Å². The maximum atomic E-state index is 11.4. The highest BCUT2D eigenvalue weighted by Crippen LogP contribution is 2.33. The van der Waals surface area contributed by atoms with Crippen LogP contribution in [0, 0.1) is 6.92 Å². The van der Waals surface area contributed by atoms with E-state index >= 15 is 0 Å². The summed E-state index contributed by atoms with van der Waals surface area (Å²) in [6, 6.07) is 3.94. The van der Waals surface area contributed by atoms with Crippen LogP contribution in [0.1, 0.15) is 22.6 Å². The van der Waals surface area contributed by atoms with Crippen molar-refractivity contribution in [3.63, 3.8) is 0 Å². The lowest BCUT2D eigenvalue weighted by Crippen LogP contribution is -2.22. The van der Waals surface area contributed by atoms with E-state index in [0.717, 1.165) is 35.6 Å². The van der Waals surface area contributed by atoms with E-state index < -0.39 is 0 Å². The molecule has 0 aliphatic carbocycles. The lowest BCUT2D eigenvalue weighted by molar-refractivity contribution is -0.116. The molecule has 3 N–H and O–H groups in total. The van der Waals surface area contributed by atoms with Crippen LogP contribution in [0.25, 0.3) is 0 Å². The molecule has 2 aromatic rings. The van der Waals surface area contributed by atoms with Crippen molar-refractivity contribution in [3.05, 3.63) is 33.8 Å². The molecule has 1 aromatic heterocycles. The number of thiazole rings is 1. The Morgan fingerprint density at radius 1 is 1.43 bits per heavy atom. The molecule has 0 saturated heterocycles. The van der Waals surface area contributed by atoms with Gasteiger partial charge in [0.15, 0.2) is 0 Å². The van der Waals surface area contributed by atoms with Gasteiger partial charge in [-0.15, -0.1) is 11.3 Å². The second kappa shape index (κ2) is 5.37. The molecule has 0 atom stereocenters. The maximum absolute atomic E-state index is 11.4. The Bertz CT molecular complexity index is 695. The molecule has 0 radical (unpaired) electrons. The summed E-state index contributed by atoms with van der Waals surface area (Å²) in [6.07, 6.45) is 1.30. The molecule has 0 unspecified atom stereocenters. The third kappa shape index (κ3) is 2.71. The topological polar surface area (TPSA) is 71.2 Å². The zero-order chi connectivity index (χ0) is 15.0. The van der Waals surface area contributed by atoms with Crippen molar-refractivity contribution < 1.29 is 4.79 Å². The SMILES string of the molecule is Cc1ncsc1CN(C)c1cc2c(cc1N)NC(=O)CC2. The number of hydrogen-bond donors (Lipinski definition) is 2. The minimum absolute atomic E-state index is 0.0586. The van der Waals surface area contributed by atoms with Gasteiger partial charge >= 0.3 is 0 Å². The average Bonchev–Trinajstić information content (AvgIpc) is 2.83. The zero-order valence-electron chi connectivity index (χ0n) is 12.1. The smallest absolute Gasteiger partial charge is 0.224 e. The molecule has 110 valence electrons. The highest BCUT2D eigenvalue weighted by atomic mass is 32.1. The third-order valence-electron chi connectivity index (χ3n) is 3.78. The summed E-state index contributed by atoms with van der Waals surface area (Å²) in [6.45, 7) is 2.80. The molecule has 3 rings (SSSR count). The molecule has 1 aliphatic rings. The lowest BCUT2D eigenvalue weighted by Gasteiger charge is -2.25. The monoisotopic (exact) mass is 302 g/mol. The predicted molar refractivity (Wildman–Crippen MR) is 86.8 cm³/mol. The van der Waals surface area contributed by atoms with Gasteiger partial charge in [0.1, 0.15) is 0 Å². The minimum Gasteiger partial charge on any atom is -0.397 e. The summed E-state index contributed by atoms with van der Waals surface area (Å²) in [5.41, 5.74) is 12.8. The summed E-state index contributed by atoms with van der Waals surface area (Å²) in [4.78, 5) is 19.1. The first-order chi connectivity index (χ1) is 10.0. The van der Waals surface area contributed by atoms with Crippen LogP contribution >= 0.6 is 11.3 Å². The standard InChI is InChI=1S/C15H18N4OS/c1-9-14(21-8-17-9)7-19(2)13-5-10-3-4-15(20)18-12(10)6-11(13)16/h5-6,8H,3-4,7,16H2,1-2H3,(H,18,20). The molecule has 5 nitrogen and oxygen atoms in total. The molecular formula is C15H18N4OS. The Labute approximate surface area is 127 Å². The van der Waals surface area contributed by atoms with Crippen LogP contribution in [0.3, 0.4) is 0 Å². The van der Waals surface area contributed by atoms with E-state index in [1.165, 1.54) is 4.88 Å². The van der Waals surface area contributed by atoms with E-state index in [4.69, 9.17) is 5.73 Å². The van der Waals surface area contributed by atoms with Gasteiger partial charge in [0, 0.05) is 24.0 Å². The molecular weight excluding hydrogens is 284 g/mol. The first kappa shape index (κ1) is 13.9. The van der Waals surface area contributed by atoms with Crippen LogP contribution in [-0.4, -0.2) is 17.9 Å². The predicted octanol–water partition coefficient (Wildman–Crippen LogP) is 2.55. The second-order valence-electron chi connectivity index (χ2n) is 5.33. The number of amides is 1. The van der Waals surface area contributed by atoms with Gasteiger partial charge in [-0.25, -0.2) is 4.98 Å². The number of nitrogens with one attached hydrogen (secondary N) is 1. The number of fused-ring (bicyclic) bond motifs is 1. The number of aryl methyl sites for hydroxylation is 2. The molecule has 6 heteroatoms.